The molecule has 0 bridgehead atoms. The monoisotopic (exact) mass is 354 g/mol. The predicted molar refractivity (Wildman–Crippen MR) is 118 cm³/mol. The third kappa shape index (κ3) is 3.00. The molecule has 0 fully saturated rings. The number of hydrogen-bond donors (Lipinski definition) is 0. The first kappa shape index (κ1) is 16.8. The zero-order valence-corrected chi connectivity index (χ0v) is 16.2. The zero-order chi connectivity index (χ0) is 18.1. The number of hydrogen-bond acceptors (Lipinski definition) is 1. The predicted octanol–water partition coefficient (Wildman–Crippen LogP) is 7.87. The highest BCUT2D eigenvalue weighted by Crippen LogP contribution is 2.38. The summed E-state index contributed by atoms with van der Waals surface area (Å²) >= 11 is 1.89. The Hall–Kier alpha value is -2.64. The van der Waals surface area contributed by atoms with Crippen molar-refractivity contribution in [3.05, 3.63) is 95.6 Å². The van der Waals surface area contributed by atoms with E-state index in [1.165, 1.54) is 48.0 Å². The lowest BCUT2D eigenvalue weighted by Gasteiger charge is -2.08. The van der Waals surface area contributed by atoms with Crippen molar-refractivity contribution in [1.29, 1.82) is 0 Å². The molecule has 128 valence electrons. The van der Waals surface area contributed by atoms with Gasteiger partial charge in [0, 0.05) is 20.2 Å². The van der Waals surface area contributed by atoms with E-state index in [0.717, 1.165) is 0 Å². The van der Waals surface area contributed by atoms with Gasteiger partial charge in [-0.3, -0.25) is 0 Å². The van der Waals surface area contributed by atoms with Crippen molar-refractivity contribution < 1.29 is 0 Å². The molecule has 1 heterocycles. The lowest BCUT2D eigenvalue weighted by molar-refractivity contribution is 1.44. The molecule has 3 aromatic carbocycles. The van der Waals surface area contributed by atoms with E-state index in [1.807, 2.05) is 11.3 Å². The van der Waals surface area contributed by atoms with Crippen molar-refractivity contribution in [2.75, 3.05) is 0 Å². The highest BCUT2D eigenvalue weighted by molar-refractivity contribution is 7.26. The minimum Gasteiger partial charge on any atom is -0.135 e. The van der Waals surface area contributed by atoms with Gasteiger partial charge in [-0.25, -0.2) is 0 Å². The third-order valence-electron chi connectivity index (χ3n) is 4.86. The second kappa shape index (κ2) is 6.93. The molecule has 0 amide bonds. The van der Waals surface area contributed by atoms with Crippen LogP contribution in [0.5, 0.6) is 0 Å². The van der Waals surface area contributed by atoms with Crippen molar-refractivity contribution in [3.63, 3.8) is 0 Å². The molecule has 0 aliphatic heterocycles. The topological polar surface area (TPSA) is 0 Å². The fraction of sp³-hybridized carbons (Fsp3) is 0.120. The molecule has 0 aliphatic carbocycles. The minimum atomic E-state index is 1.27. The van der Waals surface area contributed by atoms with Crippen molar-refractivity contribution in [2.24, 2.45) is 0 Å². The molecule has 26 heavy (non-hydrogen) atoms. The Balaban J connectivity index is 1.85. The summed E-state index contributed by atoms with van der Waals surface area (Å²) in [4.78, 5) is 0. The average molecular weight is 355 g/mol. The van der Waals surface area contributed by atoms with Crippen LogP contribution in [0.2, 0.25) is 0 Å². The third-order valence-corrected chi connectivity index (χ3v) is 6.08. The van der Waals surface area contributed by atoms with Gasteiger partial charge in [0.05, 0.1) is 0 Å². The van der Waals surface area contributed by atoms with Crippen molar-refractivity contribution >= 4 is 42.7 Å². The van der Waals surface area contributed by atoms with Gasteiger partial charge >= 0.3 is 0 Å². The van der Waals surface area contributed by atoms with Crippen LogP contribution in [0, 0.1) is 6.92 Å². The smallest absolute Gasteiger partial charge is 0.0430 e. The van der Waals surface area contributed by atoms with Gasteiger partial charge in [0.2, 0.25) is 0 Å². The second-order valence-corrected chi connectivity index (χ2v) is 7.77. The molecular weight excluding hydrogens is 332 g/mol. The Bertz CT molecular complexity index is 1160. The molecule has 0 spiro atoms. The Kier molecular flexibility index (Phi) is 4.48. The Morgan fingerprint density at radius 1 is 0.885 bits per heavy atom. The maximum Gasteiger partial charge on any atom is 0.0430 e. The number of fused-ring (bicyclic) bond motifs is 3. The summed E-state index contributed by atoms with van der Waals surface area (Å²) in [6, 6.07) is 24.1. The van der Waals surface area contributed by atoms with E-state index in [-0.39, 0.29) is 0 Å². The second-order valence-electron chi connectivity index (χ2n) is 6.72. The van der Waals surface area contributed by atoms with Crippen LogP contribution in [0.3, 0.4) is 0 Å². The zero-order valence-electron chi connectivity index (χ0n) is 15.4. The minimum absolute atomic E-state index is 1.27. The molecule has 0 saturated heterocycles. The SMILES string of the molecule is CC=C(C=C(C)c1cccc2c1sc1ccccc12)c1cccc(C)c1. The molecule has 0 atom stereocenters. The number of aryl methyl sites for hydroxylation is 1. The molecular formula is C25H22S. The fourth-order valence-corrected chi connectivity index (χ4v) is 4.81. The van der Waals surface area contributed by atoms with Crippen LogP contribution in [-0.4, -0.2) is 0 Å². The van der Waals surface area contributed by atoms with Crippen LogP contribution in [0.1, 0.15) is 30.5 Å². The molecule has 0 radical (unpaired) electrons. The van der Waals surface area contributed by atoms with Gasteiger partial charge in [-0.05, 0) is 49.1 Å². The number of benzene rings is 3. The Labute approximate surface area is 159 Å². The van der Waals surface area contributed by atoms with Gasteiger partial charge in [0.15, 0.2) is 0 Å². The van der Waals surface area contributed by atoms with Crippen molar-refractivity contribution in [3.8, 4) is 0 Å². The lowest BCUT2D eigenvalue weighted by Crippen LogP contribution is -1.85. The normalized spacial score (nSPS) is 12.9. The molecule has 0 aliphatic rings. The van der Waals surface area contributed by atoms with Crippen LogP contribution in [-0.2, 0) is 0 Å². The van der Waals surface area contributed by atoms with Crippen molar-refractivity contribution in [1.82, 2.24) is 0 Å². The summed E-state index contributed by atoms with van der Waals surface area (Å²) in [6.45, 7) is 6.48. The van der Waals surface area contributed by atoms with Crippen LogP contribution in [0.4, 0.5) is 0 Å². The van der Waals surface area contributed by atoms with E-state index in [9.17, 15) is 0 Å². The summed E-state index contributed by atoms with van der Waals surface area (Å²) in [5.41, 5.74) is 6.46. The summed E-state index contributed by atoms with van der Waals surface area (Å²) in [5.74, 6) is 0. The highest BCUT2D eigenvalue weighted by atomic mass is 32.1. The fourth-order valence-electron chi connectivity index (χ4n) is 3.53. The summed E-state index contributed by atoms with van der Waals surface area (Å²) < 4.78 is 2.73. The molecule has 0 nitrogen and oxygen atoms in total. The van der Waals surface area contributed by atoms with Crippen LogP contribution in [0.15, 0.2) is 78.9 Å². The van der Waals surface area contributed by atoms with E-state index in [2.05, 4.69) is 99.7 Å². The summed E-state index contributed by atoms with van der Waals surface area (Å²) in [5, 5.41) is 2.71. The number of thiophene rings is 1. The molecule has 0 saturated carbocycles. The number of rotatable bonds is 3. The molecule has 0 unspecified atom stereocenters. The van der Waals surface area contributed by atoms with E-state index in [0.29, 0.717) is 0 Å². The molecule has 4 aromatic rings. The van der Waals surface area contributed by atoms with E-state index in [1.54, 1.807) is 0 Å². The average Bonchev–Trinajstić information content (AvgIpc) is 3.04. The van der Waals surface area contributed by atoms with Gasteiger partial charge in [-0.1, -0.05) is 78.4 Å². The quantitative estimate of drug-likeness (QED) is 0.328. The van der Waals surface area contributed by atoms with E-state index < -0.39 is 0 Å². The van der Waals surface area contributed by atoms with E-state index in [4.69, 9.17) is 0 Å². The Morgan fingerprint density at radius 2 is 1.65 bits per heavy atom. The number of allylic oxidation sites excluding steroid dienone is 4. The van der Waals surface area contributed by atoms with E-state index >= 15 is 0 Å². The van der Waals surface area contributed by atoms with Crippen LogP contribution < -0.4 is 0 Å². The standard InChI is InChI=1S/C25H22S/c1-4-19(20-10-7-9-17(2)15-20)16-18(3)21-12-8-13-23-22-11-5-6-14-24(22)26-25(21)23/h4-16H,1-3H3. The molecule has 1 heteroatoms. The molecule has 0 N–H and O–H groups in total. The van der Waals surface area contributed by atoms with Gasteiger partial charge in [-0.2, -0.15) is 0 Å². The van der Waals surface area contributed by atoms with Crippen molar-refractivity contribution in [2.45, 2.75) is 20.8 Å². The summed E-state index contributed by atoms with van der Waals surface area (Å²) in [6.07, 6.45) is 4.51. The first-order chi connectivity index (χ1) is 12.7. The maximum absolute atomic E-state index is 2.31. The van der Waals surface area contributed by atoms with Gasteiger partial charge in [-0.15, -0.1) is 11.3 Å². The van der Waals surface area contributed by atoms with Gasteiger partial charge < -0.3 is 0 Å². The first-order valence-corrected chi connectivity index (χ1v) is 9.81. The maximum atomic E-state index is 2.31. The molecule has 1 aromatic heterocycles. The highest BCUT2D eigenvalue weighted by Gasteiger charge is 2.10. The first-order valence-electron chi connectivity index (χ1n) is 8.99. The summed E-state index contributed by atoms with van der Waals surface area (Å²) in [7, 11) is 0. The van der Waals surface area contributed by atoms with Crippen LogP contribution in [0.25, 0.3) is 31.3 Å². The Morgan fingerprint density at radius 3 is 2.46 bits per heavy atom. The largest absolute Gasteiger partial charge is 0.135 e. The van der Waals surface area contributed by atoms with Gasteiger partial charge in [0.25, 0.3) is 0 Å². The van der Waals surface area contributed by atoms with Gasteiger partial charge in [0.1, 0.15) is 0 Å². The molecule has 4 rings (SSSR count). The lowest BCUT2D eigenvalue weighted by atomic mass is 9.97. The van der Waals surface area contributed by atoms with Crippen LogP contribution >= 0.6 is 11.3 Å².